The number of carbonyl (C=O) groups is 1. The highest BCUT2D eigenvalue weighted by Crippen LogP contribution is 2.35. The molecule has 1 amide bonds. The molecule has 0 aliphatic heterocycles. The first-order valence-electron chi connectivity index (χ1n) is 7.48. The number of nitrogens with zero attached hydrogens (tertiary/aromatic N) is 2. The van der Waals surface area contributed by atoms with Crippen molar-refractivity contribution in [3.8, 4) is 17.6 Å². The summed E-state index contributed by atoms with van der Waals surface area (Å²) in [6.07, 6.45) is 1.13. The maximum atomic E-state index is 12.4. The van der Waals surface area contributed by atoms with Gasteiger partial charge in [0.05, 0.1) is 30.8 Å². The number of hydrogen-bond donors (Lipinski definition) is 1. The Morgan fingerprint density at radius 1 is 1.22 bits per heavy atom. The maximum Gasteiger partial charge on any atom is 0.280 e. The molecule has 0 aliphatic carbocycles. The molecule has 8 nitrogen and oxygen atoms in total. The van der Waals surface area contributed by atoms with Crippen molar-refractivity contribution in [2.75, 3.05) is 19.5 Å². The van der Waals surface area contributed by atoms with Gasteiger partial charge in [0.25, 0.3) is 11.6 Å². The zero-order valence-electron chi connectivity index (χ0n) is 14.4. The lowest BCUT2D eigenvalue weighted by molar-refractivity contribution is -0.385. The van der Waals surface area contributed by atoms with Gasteiger partial charge in [0.15, 0.2) is 11.5 Å². The Morgan fingerprint density at radius 3 is 2.33 bits per heavy atom. The number of anilines is 1. The molecule has 0 aromatic heterocycles. The second kappa shape index (κ2) is 8.82. The molecule has 138 valence electrons. The van der Waals surface area contributed by atoms with Crippen LogP contribution in [0.3, 0.4) is 0 Å². The van der Waals surface area contributed by atoms with Crippen LogP contribution in [0.25, 0.3) is 6.08 Å². The third-order valence-electron chi connectivity index (χ3n) is 3.50. The number of nitro benzene ring substituents is 1. The lowest BCUT2D eigenvalue weighted by atomic mass is 10.1. The second-order valence-electron chi connectivity index (χ2n) is 5.15. The minimum absolute atomic E-state index is 0.0418. The van der Waals surface area contributed by atoms with E-state index in [1.54, 1.807) is 30.3 Å². The van der Waals surface area contributed by atoms with Crippen LogP contribution >= 0.6 is 15.9 Å². The minimum Gasteiger partial charge on any atom is -0.493 e. The van der Waals surface area contributed by atoms with Gasteiger partial charge in [0.2, 0.25) is 0 Å². The van der Waals surface area contributed by atoms with Crippen molar-refractivity contribution in [1.29, 1.82) is 5.26 Å². The maximum absolute atomic E-state index is 12.4. The number of nitro groups is 1. The number of ether oxygens (including phenoxy) is 2. The SMILES string of the molecule is COc1cc(/C=C(/C#N)C(=O)Nc2ccc(Br)cc2)c([N+](=O)[O-])cc1OC. The molecule has 2 aromatic carbocycles. The van der Waals surface area contributed by atoms with Crippen molar-refractivity contribution in [3.05, 3.63) is 62.1 Å². The second-order valence-corrected chi connectivity index (χ2v) is 6.07. The predicted octanol–water partition coefficient (Wildman–Crippen LogP) is 3.92. The number of nitriles is 1. The highest BCUT2D eigenvalue weighted by atomic mass is 79.9. The van der Waals surface area contributed by atoms with Crippen LogP contribution in [0.2, 0.25) is 0 Å². The molecule has 1 N–H and O–H groups in total. The monoisotopic (exact) mass is 431 g/mol. The van der Waals surface area contributed by atoms with Gasteiger partial charge in [-0.1, -0.05) is 15.9 Å². The molecule has 0 saturated carbocycles. The zero-order chi connectivity index (χ0) is 20.0. The van der Waals surface area contributed by atoms with Gasteiger partial charge in [-0.15, -0.1) is 0 Å². The Bertz CT molecular complexity index is 949. The molecule has 27 heavy (non-hydrogen) atoms. The summed E-state index contributed by atoms with van der Waals surface area (Å²) in [5.74, 6) is -0.289. The first kappa shape index (κ1) is 19.9. The van der Waals surface area contributed by atoms with Gasteiger partial charge < -0.3 is 14.8 Å². The van der Waals surface area contributed by atoms with Gasteiger partial charge in [-0.2, -0.15) is 5.26 Å². The number of carbonyl (C=O) groups excluding carboxylic acids is 1. The molecule has 0 heterocycles. The van der Waals surface area contributed by atoms with Crippen LogP contribution in [-0.2, 0) is 4.79 Å². The van der Waals surface area contributed by atoms with Crippen molar-refractivity contribution in [1.82, 2.24) is 0 Å². The Kier molecular flexibility index (Phi) is 6.51. The van der Waals surface area contributed by atoms with Gasteiger partial charge in [-0.05, 0) is 36.4 Å². The highest BCUT2D eigenvalue weighted by Gasteiger charge is 2.20. The van der Waals surface area contributed by atoms with E-state index in [2.05, 4.69) is 21.2 Å². The Morgan fingerprint density at radius 2 is 1.81 bits per heavy atom. The summed E-state index contributed by atoms with van der Waals surface area (Å²) < 4.78 is 11.0. The summed E-state index contributed by atoms with van der Waals surface area (Å²) in [7, 11) is 2.73. The van der Waals surface area contributed by atoms with E-state index in [1.807, 2.05) is 0 Å². The van der Waals surface area contributed by atoms with Gasteiger partial charge in [-0.25, -0.2) is 0 Å². The van der Waals surface area contributed by atoms with E-state index in [4.69, 9.17) is 9.47 Å². The molecular weight excluding hydrogens is 418 g/mol. The fourth-order valence-corrected chi connectivity index (χ4v) is 2.46. The minimum atomic E-state index is -0.691. The van der Waals surface area contributed by atoms with Crippen molar-refractivity contribution in [3.63, 3.8) is 0 Å². The Balaban J connectivity index is 2.43. The average molecular weight is 432 g/mol. The molecular formula is C18H14BrN3O5. The molecule has 2 aromatic rings. The summed E-state index contributed by atoms with van der Waals surface area (Å²) in [6.45, 7) is 0. The largest absolute Gasteiger partial charge is 0.493 e. The normalized spacial score (nSPS) is 10.7. The van der Waals surface area contributed by atoms with E-state index in [-0.39, 0.29) is 28.3 Å². The number of hydrogen-bond acceptors (Lipinski definition) is 6. The van der Waals surface area contributed by atoms with Crippen LogP contribution in [-0.4, -0.2) is 25.1 Å². The molecule has 0 bridgehead atoms. The summed E-state index contributed by atoms with van der Waals surface area (Å²) in [4.78, 5) is 23.1. The van der Waals surface area contributed by atoms with Crippen molar-refractivity contribution >= 4 is 39.3 Å². The standard InChI is InChI=1S/C18H14BrN3O5/c1-26-16-8-11(15(22(24)25)9-17(16)27-2)7-12(10-20)18(23)21-14-5-3-13(19)4-6-14/h3-9H,1-2H3,(H,21,23)/b12-7-. The third-order valence-corrected chi connectivity index (χ3v) is 4.03. The van der Waals surface area contributed by atoms with Gasteiger partial charge in [0.1, 0.15) is 11.6 Å². The lowest BCUT2D eigenvalue weighted by Gasteiger charge is -2.09. The van der Waals surface area contributed by atoms with Crippen molar-refractivity contribution in [2.45, 2.75) is 0 Å². The first-order chi connectivity index (χ1) is 12.9. The Hall–Kier alpha value is -3.38. The quantitative estimate of drug-likeness (QED) is 0.320. The fraction of sp³-hybridized carbons (Fsp3) is 0.111. The number of rotatable bonds is 6. The number of methoxy groups -OCH3 is 2. The fourth-order valence-electron chi connectivity index (χ4n) is 2.19. The van der Waals surface area contributed by atoms with E-state index in [9.17, 15) is 20.2 Å². The molecule has 0 spiro atoms. The van der Waals surface area contributed by atoms with Crippen LogP contribution in [0.5, 0.6) is 11.5 Å². The van der Waals surface area contributed by atoms with E-state index in [0.717, 1.165) is 10.5 Å². The summed E-state index contributed by atoms with van der Waals surface area (Å²) >= 11 is 3.28. The molecule has 2 rings (SSSR count). The average Bonchev–Trinajstić information content (AvgIpc) is 2.66. The van der Waals surface area contributed by atoms with Crippen molar-refractivity contribution in [2.24, 2.45) is 0 Å². The molecule has 0 fully saturated rings. The third kappa shape index (κ3) is 4.83. The number of amides is 1. The van der Waals surface area contributed by atoms with E-state index in [0.29, 0.717) is 5.69 Å². The topological polar surface area (TPSA) is 114 Å². The predicted molar refractivity (Wildman–Crippen MR) is 103 cm³/mol. The van der Waals surface area contributed by atoms with E-state index < -0.39 is 10.8 Å². The summed E-state index contributed by atoms with van der Waals surface area (Å²) in [5, 5.41) is 23.2. The van der Waals surface area contributed by atoms with E-state index in [1.165, 1.54) is 26.4 Å². The molecule has 0 saturated heterocycles. The highest BCUT2D eigenvalue weighted by molar-refractivity contribution is 9.10. The van der Waals surface area contributed by atoms with Crippen LogP contribution in [0.1, 0.15) is 5.56 Å². The molecule has 9 heteroatoms. The summed E-state index contributed by atoms with van der Waals surface area (Å²) in [5.41, 5.74) is -0.101. The Labute approximate surface area is 163 Å². The van der Waals surface area contributed by atoms with Crippen LogP contribution < -0.4 is 14.8 Å². The summed E-state index contributed by atoms with van der Waals surface area (Å²) in [6, 6.07) is 11.0. The first-order valence-corrected chi connectivity index (χ1v) is 8.28. The smallest absolute Gasteiger partial charge is 0.280 e. The van der Waals surface area contributed by atoms with Crippen LogP contribution in [0, 0.1) is 21.4 Å². The number of halogens is 1. The lowest BCUT2D eigenvalue weighted by Crippen LogP contribution is -2.13. The van der Waals surface area contributed by atoms with Gasteiger partial charge in [0, 0.05) is 10.2 Å². The number of benzene rings is 2. The van der Waals surface area contributed by atoms with E-state index >= 15 is 0 Å². The molecule has 0 unspecified atom stereocenters. The van der Waals surface area contributed by atoms with Gasteiger partial charge in [-0.3, -0.25) is 14.9 Å². The van der Waals surface area contributed by atoms with Crippen molar-refractivity contribution < 1.29 is 19.2 Å². The van der Waals surface area contributed by atoms with Gasteiger partial charge >= 0.3 is 0 Å². The molecule has 0 aliphatic rings. The van der Waals surface area contributed by atoms with Crippen LogP contribution in [0.15, 0.2) is 46.4 Å². The van der Waals surface area contributed by atoms with Crippen LogP contribution in [0.4, 0.5) is 11.4 Å². The molecule has 0 atom stereocenters. The number of nitrogens with one attached hydrogen (secondary N) is 1. The molecule has 0 radical (unpaired) electrons. The zero-order valence-corrected chi connectivity index (χ0v) is 15.9.